The van der Waals surface area contributed by atoms with Crippen LogP contribution in [0.25, 0.3) is 0 Å². The Balaban J connectivity index is 1.79. The summed E-state index contributed by atoms with van der Waals surface area (Å²) in [6.07, 6.45) is 1.20. The molecule has 2 rings (SSSR count). The van der Waals surface area contributed by atoms with Gasteiger partial charge in [0.15, 0.2) is 0 Å². The Labute approximate surface area is 102 Å². The Morgan fingerprint density at radius 3 is 2.65 bits per heavy atom. The molecule has 17 heavy (non-hydrogen) atoms. The maximum Gasteiger partial charge on any atom is 0.214 e. The highest BCUT2D eigenvalue weighted by molar-refractivity contribution is 7.90. The van der Waals surface area contributed by atoms with Gasteiger partial charge < -0.3 is 14.8 Å². The molecule has 2 heterocycles. The third-order valence-corrected chi connectivity index (χ3v) is 5.04. The van der Waals surface area contributed by atoms with Crippen molar-refractivity contribution in [3.05, 3.63) is 0 Å². The molecule has 0 radical (unpaired) electrons. The molecule has 0 amide bonds. The topological polar surface area (TPSA) is 76.7 Å². The van der Waals surface area contributed by atoms with E-state index in [9.17, 15) is 8.42 Å². The standard InChI is InChI=1S/C10H20N2O4S/c13-17(14,10-1-3-11-4-2-10)12-7-9-8-15-5-6-16-9/h9-12H,1-8H2. The largest absolute Gasteiger partial charge is 0.376 e. The van der Waals surface area contributed by atoms with Gasteiger partial charge in [0.05, 0.1) is 31.2 Å². The minimum Gasteiger partial charge on any atom is -0.376 e. The van der Waals surface area contributed by atoms with Crippen molar-refractivity contribution in [2.24, 2.45) is 0 Å². The lowest BCUT2D eigenvalue weighted by atomic mass is 10.2. The fourth-order valence-corrected chi connectivity index (χ4v) is 3.60. The third-order valence-electron chi connectivity index (χ3n) is 3.12. The molecule has 2 fully saturated rings. The monoisotopic (exact) mass is 264 g/mol. The molecule has 6 nitrogen and oxygen atoms in total. The summed E-state index contributed by atoms with van der Waals surface area (Å²) in [4.78, 5) is 0. The van der Waals surface area contributed by atoms with Gasteiger partial charge in [-0.2, -0.15) is 0 Å². The average Bonchev–Trinajstić information content (AvgIpc) is 2.39. The molecular formula is C10H20N2O4S. The van der Waals surface area contributed by atoms with Crippen LogP contribution in [-0.4, -0.2) is 59.2 Å². The van der Waals surface area contributed by atoms with Crippen molar-refractivity contribution in [3.63, 3.8) is 0 Å². The van der Waals surface area contributed by atoms with Crippen molar-refractivity contribution >= 4 is 10.0 Å². The first-order valence-corrected chi connectivity index (χ1v) is 7.61. The second-order valence-corrected chi connectivity index (χ2v) is 6.46. The number of piperidine rings is 1. The lowest BCUT2D eigenvalue weighted by Gasteiger charge is -2.26. The zero-order valence-electron chi connectivity index (χ0n) is 9.85. The van der Waals surface area contributed by atoms with Crippen LogP contribution >= 0.6 is 0 Å². The lowest BCUT2D eigenvalue weighted by Crippen LogP contribution is -2.45. The quantitative estimate of drug-likeness (QED) is 0.686. The van der Waals surface area contributed by atoms with Gasteiger partial charge in [-0.25, -0.2) is 13.1 Å². The van der Waals surface area contributed by atoms with Crippen LogP contribution in [0.1, 0.15) is 12.8 Å². The minimum atomic E-state index is -3.21. The fourth-order valence-electron chi connectivity index (χ4n) is 2.09. The van der Waals surface area contributed by atoms with E-state index in [1.807, 2.05) is 0 Å². The van der Waals surface area contributed by atoms with Crippen LogP contribution in [0.3, 0.4) is 0 Å². The smallest absolute Gasteiger partial charge is 0.214 e. The molecule has 2 aliphatic rings. The van der Waals surface area contributed by atoms with E-state index in [1.165, 1.54) is 0 Å². The van der Waals surface area contributed by atoms with Crippen molar-refractivity contribution < 1.29 is 17.9 Å². The summed E-state index contributed by atoms with van der Waals surface area (Å²) in [6, 6.07) is 0. The summed E-state index contributed by atoms with van der Waals surface area (Å²) >= 11 is 0. The van der Waals surface area contributed by atoms with Gasteiger partial charge in [0.1, 0.15) is 0 Å². The SMILES string of the molecule is O=S(=O)(NCC1COCCO1)C1CCNCC1. The van der Waals surface area contributed by atoms with Gasteiger partial charge in [0.2, 0.25) is 10.0 Å². The molecule has 0 bridgehead atoms. The molecule has 2 aliphatic heterocycles. The normalized spacial score (nSPS) is 28.1. The van der Waals surface area contributed by atoms with Crippen LogP contribution < -0.4 is 10.0 Å². The molecule has 1 unspecified atom stereocenters. The highest BCUT2D eigenvalue weighted by Crippen LogP contribution is 2.12. The van der Waals surface area contributed by atoms with Crippen molar-refractivity contribution in [1.29, 1.82) is 0 Å². The van der Waals surface area contributed by atoms with Crippen molar-refractivity contribution in [1.82, 2.24) is 10.0 Å². The lowest BCUT2D eigenvalue weighted by molar-refractivity contribution is -0.0847. The van der Waals surface area contributed by atoms with E-state index in [1.54, 1.807) is 0 Å². The van der Waals surface area contributed by atoms with Gasteiger partial charge in [-0.1, -0.05) is 0 Å². The Kier molecular flexibility index (Phi) is 4.75. The number of rotatable bonds is 4. The van der Waals surface area contributed by atoms with Gasteiger partial charge >= 0.3 is 0 Å². The van der Waals surface area contributed by atoms with E-state index in [-0.39, 0.29) is 11.4 Å². The maximum absolute atomic E-state index is 12.0. The van der Waals surface area contributed by atoms with Crippen LogP contribution in [0, 0.1) is 0 Å². The van der Waals surface area contributed by atoms with Crippen LogP contribution in [0.5, 0.6) is 0 Å². The van der Waals surface area contributed by atoms with Crippen molar-refractivity contribution in [2.45, 2.75) is 24.2 Å². The van der Waals surface area contributed by atoms with E-state index < -0.39 is 10.0 Å². The van der Waals surface area contributed by atoms with Crippen LogP contribution in [0.15, 0.2) is 0 Å². The number of ether oxygens (including phenoxy) is 2. The summed E-state index contributed by atoms with van der Waals surface area (Å²) in [5, 5.41) is 2.89. The molecule has 0 aromatic heterocycles. The molecule has 2 saturated heterocycles. The van der Waals surface area contributed by atoms with E-state index in [0.717, 1.165) is 13.1 Å². The average molecular weight is 264 g/mol. The fraction of sp³-hybridized carbons (Fsp3) is 1.00. The highest BCUT2D eigenvalue weighted by atomic mass is 32.2. The molecule has 0 saturated carbocycles. The Morgan fingerprint density at radius 2 is 2.00 bits per heavy atom. The Bertz CT molecular complexity index is 321. The van der Waals surface area contributed by atoms with Crippen molar-refractivity contribution in [3.8, 4) is 0 Å². The van der Waals surface area contributed by atoms with Crippen molar-refractivity contribution in [2.75, 3.05) is 39.5 Å². The molecule has 0 aromatic carbocycles. The predicted octanol–water partition coefficient (Wildman–Crippen LogP) is -0.927. The Hall–Kier alpha value is -0.210. The zero-order chi connectivity index (χ0) is 12.1. The molecule has 100 valence electrons. The number of hydrogen-bond acceptors (Lipinski definition) is 5. The zero-order valence-corrected chi connectivity index (χ0v) is 10.7. The number of nitrogens with one attached hydrogen (secondary N) is 2. The van der Waals surface area contributed by atoms with E-state index in [0.29, 0.717) is 39.2 Å². The number of hydrogen-bond donors (Lipinski definition) is 2. The summed E-state index contributed by atoms with van der Waals surface area (Å²) in [5.41, 5.74) is 0. The van der Waals surface area contributed by atoms with E-state index >= 15 is 0 Å². The predicted molar refractivity (Wildman–Crippen MR) is 63.4 cm³/mol. The summed E-state index contributed by atoms with van der Waals surface area (Å²) in [5.74, 6) is 0. The van der Waals surface area contributed by atoms with Gasteiger partial charge in [0, 0.05) is 6.54 Å². The summed E-state index contributed by atoms with van der Waals surface area (Å²) in [6.45, 7) is 3.46. The summed E-state index contributed by atoms with van der Waals surface area (Å²) in [7, 11) is -3.21. The van der Waals surface area contributed by atoms with Gasteiger partial charge in [-0.15, -0.1) is 0 Å². The minimum absolute atomic E-state index is 0.153. The van der Waals surface area contributed by atoms with Crippen LogP contribution in [0.2, 0.25) is 0 Å². The molecule has 2 N–H and O–H groups in total. The van der Waals surface area contributed by atoms with Gasteiger partial charge in [-0.3, -0.25) is 0 Å². The van der Waals surface area contributed by atoms with Crippen LogP contribution in [0.4, 0.5) is 0 Å². The molecule has 1 atom stereocenters. The maximum atomic E-state index is 12.0. The van der Waals surface area contributed by atoms with Gasteiger partial charge in [-0.05, 0) is 25.9 Å². The first-order valence-electron chi connectivity index (χ1n) is 6.07. The van der Waals surface area contributed by atoms with Gasteiger partial charge in [0.25, 0.3) is 0 Å². The molecule has 7 heteroatoms. The second-order valence-electron chi connectivity index (χ2n) is 4.41. The molecule has 0 aromatic rings. The second kappa shape index (κ2) is 6.10. The first-order chi connectivity index (χ1) is 8.18. The molecular weight excluding hydrogens is 244 g/mol. The third kappa shape index (κ3) is 3.89. The summed E-state index contributed by atoms with van der Waals surface area (Å²) < 4.78 is 37.2. The Morgan fingerprint density at radius 1 is 1.24 bits per heavy atom. The first kappa shape index (κ1) is 13.2. The van der Waals surface area contributed by atoms with Crippen LogP contribution in [-0.2, 0) is 19.5 Å². The highest BCUT2D eigenvalue weighted by Gasteiger charge is 2.28. The van der Waals surface area contributed by atoms with E-state index in [4.69, 9.17) is 9.47 Å². The van der Waals surface area contributed by atoms with E-state index in [2.05, 4.69) is 10.0 Å². The molecule has 0 aliphatic carbocycles. The molecule has 0 spiro atoms. The number of sulfonamides is 1.